The average Bonchev–Trinajstić information content (AvgIpc) is 3.12. The zero-order valence-electron chi connectivity index (χ0n) is 10.1. The minimum Gasteiger partial charge on any atom is -0.370 e. The molecule has 5 heteroatoms. The van der Waals surface area contributed by atoms with Crippen LogP contribution >= 0.6 is 22.9 Å². The molecule has 3 rings (SSSR count). The Morgan fingerprint density at radius 2 is 2.22 bits per heavy atom. The summed E-state index contributed by atoms with van der Waals surface area (Å²) in [4.78, 5) is 10.3. The van der Waals surface area contributed by atoms with Crippen molar-refractivity contribution in [2.24, 2.45) is 0 Å². The summed E-state index contributed by atoms with van der Waals surface area (Å²) in [6.07, 6.45) is 2.42. The van der Waals surface area contributed by atoms with Crippen LogP contribution in [0.2, 0.25) is 4.34 Å². The Bertz CT molecular complexity index is 563. The quantitative estimate of drug-likeness (QED) is 0.913. The van der Waals surface area contributed by atoms with Crippen molar-refractivity contribution in [2.75, 3.05) is 11.9 Å². The van der Waals surface area contributed by atoms with Gasteiger partial charge in [0.05, 0.1) is 14.9 Å². The highest BCUT2D eigenvalue weighted by Crippen LogP contribution is 2.40. The normalized spacial score (nSPS) is 14.8. The van der Waals surface area contributed by atoms with Crippen LogP contribution in [0.25, 0.3) is 10.6 Å². The lowest BCUT2D eigenvalue weighted by molar-refractivity contribution is 0.928. The maximum absolute atomic E-state index is 5.99. The van der Waals surface area contributed by atoms with Crippen LogP contribution in [0.15, 0.2) is 18.2 Å². The van der Waals surface area contributed by atoms with Gasteiger partial charge in [-0.2, -0.15) is 0 Å². The Kier molecular flexibility index (Phi) is 3.22. The van der Waals surface area contributed by atoms with Gasteiger partial charge in [0, 0.05) is 18.5 Å². The third-order valence-electron chi connectivity index (χ3n) is 2.87. The van der Waals surface area contributed by atoms with E-state index in [2.05, 4.69) is 22.2 Å². The molecule has 18 heavy (non-hydrogen) atoms. The smallest absolute Gasteiger partial charge is 0.134 e. The van der Waals surface area contributed by atoms with Gasteiger partial charge in [-0.1, -0.05) is 11.6 Å². The molecule has 0 aromatic carbocycles. The predicted octanol–water partition coefficient (Wildman–Crippen LogP) is 4.17. The molecule has 1 N–H and O–H groups in total. The Balaban J connectivity index is 2.01. The zero-order chi connectivity index (χ0) is 12.5. The SMILES string of the molecule is CCNc1cc(-c2ccc(Cl)s2)nc(C2CC2)n1. The van der Waals surface area contributed by atoms with Crippen molar-refractivity contribution in [3.8, 4) is 10.6 Å². The van der Waals surface area contributed by atoms with Crippen molar-refractivity contribution in [3.63, 3.8) is 0 Å². The molecule has 0 radical (unpaired) electrons. The van der Waals surface area contributed by atoms with Gasteiger partial charge in [0.25, 0.3) is 0 Å². The molecule has 1 aliphatic rings. The number of aromatic nitrogens is 2. The van der Waals surface area contributed by atoms with E-state index in [9.17, 15) is 0 Å². The molecule has 3 nitrogen and oxygen atoms in total. The lowest BCUT2D eigenvalue weighted by Crippen LogP contribution is -2.03. The number of rotatable bonds is 4. The van der Waals surface area contributed by atoms with Crippen LogP contribution in [-0.4, -0.2) is 16.5 Å². The molecule has 0 aliphatic heterocycles. The third-order valence-corrected chi connectivity index (χ3v) is 4.12. The van der Waals surface area contributed by atoms with E-state index in [0.717, 1.165) is 33.1 Å². The summed E-state index contributed by atoms with van der Waals surface area (Å²) in [5, 5.41) is 3.27. The van der Waals surface area contributed by atoms with Crippen LogP contribution < -0.4 is 5.32 Å². The van der Waals surface area contributed by atoms with Crippen molar-refractivity contribution < 1.29 is 0 Å². The molecule has 0 unspecified atom stereocenters. The minimum atomic E-state index is 0.554. The van der Waals surface area contributed by atoms with Gasteiger partial charge in [0.15, 0.2) is 0 Å². The first-order chi connectivity index (χ1) is 8.76. The number of hydrogen-bond acceptors (Lipinski definition) is 4. The molecule has 0 spiro atoms. The van der Waals surface area contributed by atoms with Crippen molar-refractivity contribution >= 4 is 28.8 Å². The molecule has 1 saturated carbocycles. The monoisotopic (exact) mass is 279 g/mol. The van der Waals surface area contributed by atoms with Gasteiger partial charge < -0.3 is 5.32 Å². The van der Waals surface area contributed by atoms with E-state index >= 15 is 0 Å². The van der Waals surface area contributed by atoms with Crippen molar-refractivity contribution in [2.45, 2.75) is 25.7 Å². The second-order valence-corrected chi connectivity index (χ2v) is 6.12. The van der Waals surface area contributed by atoms with Gasteiger partial charge in [-0.25, -0.2) is 9.97 Å². The summed E-state index contributed by atoms with van der Waals surface area (Å²) in [6.45, 7) is 2.94. The highest BCUT2D eigenvalue weighted by Gasteiger charge is 2.27. The molecular weight excluding hydrogens is 266 g/mol. The van der Waals surface area contributed by atoms with Crippen molar-refractivity contribution in [1.82, 2.24) is 9.97 Å². The molecule has 0 amide bonds. The second-order valence-electron chi connectivity index (χ2n) is 4.40. The van der Waals surface area contributed by atoms with Crippen molar-refractivity contribution in [1.29, 1.82) is 0 Å². The van der Waals surface area contributed by atoms with Gasteiger partial charge in [-0.15, -0.1) is 11.3 Å². The first-order valence-corrected chi connectivity index (χ1v) is 7.34. The average molecular weight is 280 g/mol. The molecule has 0 atom stereocenters. The Hall–Kier alpha value is -1.13. The molecule has 0 bridgehead atoms. The molecule has 2 aromatic heterocycles. The molecule has 1 fully saturated rings. The molecule has 0 saturated heterocycles. The van der Waals surface area contributed by atoms with Gasteiger partial charge in [0.1, 0.15) is 11.6 Å². The molecule has 1 aliphatic carbocycles. The fraction of sp³-hybridized carbons (Fsp3) is 0.385. The van der Waals surface area contributed by atoms with Gasteiger partial charge >= 0.3 is 0 Å². The van der Waals surface area contributed by atoms with E-state index < -0.39 is 0 Å². The van der Waals surface area contributed by atoms with Crippen LogP contribution in [0.3, 0.4) is 0 Å². The number of thiophene rings is 1. The maximum Gasteiger partial charge on any atom is 0.134 e. The van der Waals surface area contributed by atoms with Gasteiger partial charge in [-0.3, -0.25) is 0 Å². The largest absolute Gasteiger partial charge is 0.370 e. The highest BCUT2D eigenvalue weighted by atomic mass is 35.5. The fourth-order valence-electron chi connectivity index (χ4n) is 1.84. The Morgan fingerprint density at radius 3 is 2.83 bits per heavy atom. The van der Waals surface area contributed by atoms with E-state index in [0.29, 0.717) is 5.92 Å². The van der Waals surface area contributed by atoms with Crippen LogP contribution in [0.5, 0.6) is 0 Å². The summed E-state index contributed by atoms with van der Waals surface area (Å²) in [6, 6.07) is 5.92. The van der Waals surface area contributed by atoms with E-state index in [1.54, 1.807) is 11.3 Å². The second kappa shape index (κ2) is 4.86. The number of hydrogen-bond donors (Lipinski definition) is 1. The minimum absolute atomic E-state index is 0.554. The lowest BCUT2D eigenvalue weighted by atomic mass is 10.3. The van der Waals surface area contributed by atoms with Crippen molar-refractivity contribution in [3.05, 3.63) is 28.4 Å². The summed E-state index contributed by atoms with van der Waals surface area (Å²) in [5.74, 6) is 2.43. The Labute approximate surface area is 115 Å². The standard InChI is InChI=1S/C13H14ClN3S/c1-2-15-12-7-9(10-5-6-11(14)18-10)16-13(17-12)8-3-4-8/h5-8H,2-4H2,1H3,(H,15,16,17). The summed E-state index contributed by atoms with van der Waals surface area (Å²) < 4.78 is 0.793. The molecule has 94 valence electrons. The van der Waals surface area contributed by atoms with Crippen LogP contribution in [-0.2, 0) is 0 Å². The topological polar surface area (TPSA) is 37.8 Å². The highest BCUT2D eigenvalue weighted by molar-refractivity contribution is 7.19. The summed E-state index contributed by atoms with van der Waals surface area (Å²) in [7, 11) is 0. The van der Waals surface area contributed by atoms with E-state index in [-0.39, 0.29) is 0 Å². The number of halogens is 1. The van der Waals surface area contributed by atoms with E-state index in [1.807, 2.05) is 18.2 Å². The molecule has 2 heterocycles. The third kappa shape index (κ3) is 2.49. The van der Waals surface area contributed by atoms with Crippen LogP contribution in [0.4, 0.5) is 5.82 Å². The number of anilines is 1. The lowest BCUT2D eigenvalue weighted by Gasteiger charge is -2.07. The zero-order valence-corrected chi connectivity index (χ0v) is 11.7. The number of nitrogens with one attached hydrogen (secondary N) is 1. The van der Waals surface area contributed by atoms with Gasteiger partial charge in [0.2, 0.25) is 0 Å². The van der Waals surface area contributed by atoms with E-state index in [1.165, 1.54) is 12.8 Å². The maximum atomic E-state index is 5.99. The fourth-order valence-corrected chi connectivity index (χ4v) is 2.84. The van der Waals surface area contributed by atoms with Gasteiger partial charge in [-0.05, 0) is 31.9 Å². The Morgan fingerprint density at radius 1 is 1.39 bits per heavy atom. The molecule has 2 aromatic rings. The first-order valence-electron chi connectivity index (χ1n) is 6.15. The number of nitrogens with zero attached hydrogens (tertiary/aromatic N) is 2. The summed E-state index contributed by atoms with van der Waals surface area (Å²) >= 11 is 7.54. The van der Waals surface area contributed by atoms with E-state index in [4.69, 9.17) is 11.6 Å². The first kappa shape index (κ1) is 11.9. The molecular formula is C13H14ClN3S. The predicted molar refractivity (Wildman–Crippen MR) is 76.5 cm³/mol. The van der Waals surface area contributed by atoms with Crippen LogP contribution in [0, 0.1) is 0 Å². The van der Waals surface area contributed by atoms with Crippen LogP contribution in [0.1, 0.15) is 31.5 Å². The summed E-state index contributed by atoms with van der Waals surface area (Å²) in [5.41, 5.74) is 0.972.